The van der Waals surface area contributed by atoms with Crippen molar-refractivity contribution in [3.63, 3.8) is 0 Å². The Morgan fingerprint density at radius 1 is 1.38 bits per heavy atom. The molecule has 0 saturated carbocycles. The van der Waals surface area contributed by atoms with Gasteiger partial charge in [-0.05, 0) is 0 Å². The predicted molar refractivity (Wildman–Crippen MR) is 46.4 cm³/mol. The van der Waals surface area contributed by atoms with E-state index in [0.29, 0.717) is 6.66 Å². The van der Waals surface area contributed by atoms with Gasteiger partial charge in [0.25, 0.3) is 8.05 Å². The highest BCUT2D eigenvalue weighted by atomic mass is 31.3. The number of hydrogen-bond donors (Lipinski definition) is 2. The lowest BCUT2D eigenvalue weighted by Crippen LogP contribution is -1.88. The first-order chi connectivity index (χ1) is 5.66. The third-order valence-corrected chi connectivity index (χ3v) is 4.50. The lowest BCUT2D eigenvalue weighted by Gasteiger charge is -2.12. The van der Waals surface area contributed by atoms with Crippen LogP contribution in [-0.2, 0) is 26.8 Å². The van der Waals surface area contributed by atoms with Crippen molar-refractivity contribution < 1.29 is 36.5 Å². The van der Waals surface area contributed by atoms with Gasteiger partial charge in [-0.25, -0.2) is 13.2 Å². The fraction of sp³-hybridized carbons (Fsp3) is 1.00. The van der Waals surface area contributed by atoms with Crippen molar-refractivity contribution in [2.75, 3.05) is 6.66 Å². The van der Waals surface area contributed by atoms with Crippen LogP contribution in [0.2, 0.25) is 0 Å². The van der Waals surface area contributed by atoms with Crippen LogP contribution in [0, 0.1) is 0 Å². The van der Waals surface area contributed by atoms with Gasteiger partial charge in [-0.3, -0.25) is 9.13 Å². The topological polar surface area (TPSA) is 119 Å². The summed E-state index contributed by atoms with van der Waals surface area (Å²) in [5, 5.41) is 0. The van der Waals surface area contributed by atoms with Gasteiger partial charge >= 0.3 is 23.7 Å². The molecule has 0 fully saturated rings. The van der Waals surface area contributed by atoms with Crippen LogP contribution >= 0.6 is 23.7 Å². The molecule has 0 aromatic carbocycles. The summed E-state index contributed by atoms with van der Waals surface area (Å²) >= 11 is 0. The molecule has 0 aliphatic carbocycles. The molecular formula is CH8BO8P3. The molecule has 78 valence electrons. The normalized spacial score (nSPS) is 23.0. The minimum atomic E-state index is -4.79. The zero-order valence-electron chi connectivity index (χ0n) is 6.74. The van der Waals surface area contributed by atoms with Crippen molar-refractivity contribution in [2.45, 2.75) is 0 Å². The maximum absolute atomic E-state index is 10.7. The smallest absolute Gasteiger partial charge is 0.381 e. The highest BCUT2D eigenvalue weighted by molar-refractivity contribution is 7.66. The largest absolute Gasteiger partial charge is 0.486 e. The summed E-state index contributed by atoms with van der Waals surface area (Å²) in [7, 11) is -11.2. The highest BCUT2D eigenvalue weighted by Gasteiger charge is 2.31. The van der Waals surface area contributed by atoms with E-state index < -0.39 is 23.7 Å². The molecule has 0 saturated heterocycles. The van der Waals surface area contributed by atoms with E-state index in [-0.39, 0.29) is 0 Å². The third kappa shape index (κ3) is 7.61. The first kappa shape index (κ1) is 13.6. The fourth-order valence-corrected chi connectivity index (χ4v) is 3.36. The molecule has 12 heteroatoms. The number of hydrogen-bond acceptors (Lipinski definition) is 6. The summed E-state index contributed by atoms with van der Waals surface area (Å²) in [6.07, 6.45) is 0. The van der Waals surface area contributed by atoms with Crippen LogP contribution in [0.1, 0.15) is 0 Å². The van der Waals surface area contributed by atoms with E-state index in [1.165, 1.54) is 0 Å². The molecule has 0 rings (SSSR count). The molecule has 0 bridgehead atoms. The van der Waals surface area contributed by atoms with Gasteiger partial charge in [0.2, 0.25) is 0 Å². The molecule has 3 atom stereocenters. The number of phosphoric acid groups is 1. The molecule has 0 radical (unpaired) electrons. The van der Waals surface area contributed by atoms with Crippen LogP contribution in [0.5, 0.6) is 0 Å². The minimum Gasteiger partial charge on any atom is -0.381 e. The predicted octanol–water partition coefficient (Wildman–Crippen LogP) is -0.110. The van der Waals surface area contributed by atoms with Crippen LogP contribution < -0.4 is 0 Å². The van der Waals surface area contributed by atoms with Gasteiger partial charge in [-0.2, -0.15) is 0 Å². The SMILES string of the molecule is BO[PH](=O)OP(=O)(O)OP(C)(=O)O. The second-order valence-electron chi connectivity index (χ2n) is 1.90. The minimum absolute atomic E-state index is 0.684. The van der Waals surface area contributed by atoms with Crippen molar-refractivity contribution >= 4 is 31.7 Å². The van der Waals surface area contributed by atoms with E-state index in [0.717, 1.165) is 8.05 Å². The fourth-order valence-electron chi connectivity index (χ4n) is 0.340. The van der Waals surface area contributed by atoms with Crippen molar-refractivity contribution in [3.05, 3.63) is 0 Å². The molecule has 13 heavy (non-hydrogen) atoms. The van der Waals surface area contributed by atoms with E-state index in [1.807, 2.05) is 0 Å². The Morgan fingerprint density at radius 2 is 1.85 bits per heavy atom. The van der Waals surface area contributed by atoms with E-state index in [2.05, 4.69) is 13.1 Å². The second-order valence-corrected chi connectivity index (χ2v) is 6.73. The zero-order valence-corrected chi connectivity index (χ0v) is 9.53. The molecule has 0 aliphatic heterocycles. The summed E-state index contributed by atoms with van der Waals surface area (Å²) < 4.78 is 43.3. The van der Waals surface area contributed by atoms with Gasteiger partial charge in [0.15, 0.2) is 0 Å². The van der Waals surface area contributed by atoms with Gasteiger partial charge < -0.3 is 14.2 Å². The van der Waals surface area contributed by atoms with Crippen LogP contribution in [-0.4, -0.2) is 24.5 Å². The van der Waals surface area contributed by atoms with E-state index in [4.69, 9.17) is 9.79 Å². The van der Waals surface area contributed by atoms with E-state index in [1.54, 1.807) is 0 Å². The first-order valence-corrected chi connectivity index (χ1v) is 7.53. The molecule has 3 unspecified atom stereocenters. The van der Waals surface area contributed by atoms with Crippen molar-refractivity contribution in [1.82, 2.24) is 0 Å². The Bertz CT molecular complexity index is 279. The van der Waals surface area contributed by atoms with Gasteiger partial charge in [0, 0.05) is 6.66 Å². The third-order valence-electron chi connectivity index (χ3n) is 0.611. The van der Waals surface area contributed by atoms with Crippen LogP contribution in [0.4, 0.5) is 0 Å². The maximum Gasteiger partial charge on any atom is 0.486 e. The zero-order chi connectivity index (χ0) is 10.7. The molecular weight excluding hydrogens is 244 g/mol. The highest BCUT2D eigenvalue weighted by Crippen LogP contribution is 2.61. The van der Waals surface area contributed by atoms with Crippen molar-refractivity contribution in [3.8, 4) is 0 Å². The lowest BCUT2D eigenvalue weighted by molar-refractivity contribution is 0.267. The van der Waals surface area contributed by atoms with Gasteiger partial charge in [0.05, 0.1) is 0 Å². The van der Waals surface area contributed by atoms with Crippen LogP contribution in [0.3, 0.4) is 0 Å². The monoisotopic (exact) mass is 252 g/mol. The summed E-state index contributed by atoms with van der Waals surface area (Å²) in [4.78, 5) is 17.2. The van der Waals surface area contributed by atoms with Crippen LogP contribution in [0.25, 0.3) is 0 Å². The Kier molecular flexibility index (Phi) is 5.08. The standard InChI is InChI=1S/CH8BO8P3/c1-12(4,5)10-13(6,7)9-11(3)8-2/h11H,2H2,1H3,(H,4,5)(H,6,7). The van der Waals surface area contributed by atoms with Gasteiger partial charge in [-0.1, -0.05) is 0 Å². The second kappa shape index (κ2) is 4.87. The molecule has 2 N–H and O–H groups in total. The first-order valence-electron chi connectivity index (χ1n) is 2.78. The average Bonchev–Trinajstić information content (AvgIpc) is 1.80. The summed E-state index contributed by atoms with van der Waals surface area (Å²) in [5.74, 6) is 0. The van der Waals surface area contributed by atoms with Crippen molar-refractivity contribution in [2.24, 2.45) is 0 Å². The summed E-state index contributed by atoms with van der Waals surface area (Å²) in [6, 6.07) is 0. The number of rotatable bonds is 5. The molecule has 0 aromatic heterocycles. The molecule has 0 spiro atoms. The van der Waals surface area contributed by atoms with E-state index in [9.17, 15) is 13.7 Å². The summed E-state index contributed by atoms with van der Waals surface area (Å²) in [5.41, 5.74) is 0. The Balaban J connectivity index is 4.34. The Morgan fingerprint density at radius 3 is 2.15 bits per heavy atom. The molecule has 0 aromatic rings. The van der Waals surface area contributed by atoms with Gasteiger partial charge in [-0.15, -0.1) is 0 Å². The average molecular weight is 252 g/mol. The van der Waals surface area contributed by atoms with E-state index >= 15 is 0 Å². The molecule has 8 nitrogen and oxygen atoms in total. The van der Waals surface area contributed by atoms with Gasteiger partial charge in [0.1, 0.15) is 0 Å². The van der Waals surface area contributed by atoms with Crippen molar-refractivity contribution in [1.29, 1.82) is 0 Å². The quantitative estimate of drug-likeness (QED) is 0.513. The lowest BCUT2D eigenvalue weighted by atomic mass is 10.6. The molecule has 0 amide bonds. The van der Waals surface area contributed by atoms with Crippen LogP contribution in [0.15, 0.2) is 0 Å². The Labute approximate surface area is 75.7 Å². The molecule has 0 aliphatic rings. The maximum atomic E-state index is 10.7. The Hall–Kier alpha value is 0.555. The molecule has 0 heterocycles. The summed E-state index contributed by atoms with van der Waals surface area (Å²) in [6.45, 7) is 0.684.